The number of benzene rings is 1. The van der Waals surface area contributed by atoms with Gasteiger partial charge in [-0.1, -0.05) is 26.0 Å². The first kappa shape index (κ1) is 20.5. The highest BCUT2D eigenvalue weighted by Gasteiger charge is 2.32. The standard InChI is InChI=1S/C22H23N5O4/c1-4-27-20(31)12-7-5-6-8-15(12)24-21(27)26-25-19(30)14-9-13-16(23-18(14)29)10-22(2,3)11-17(13)28/h5-9H,4,10-11H2,1-3H3,(H,23,29)(H,24,26)(H,25,30). The van der Waals surface area contributed by atoms with Gasteiger partial charge < -0.3 is 4.98 Å². The number of hydrogen-bond donors (Lipinski definition) is 3. The van der Waals surface area contributed by atoms with Crippen molar-refractivity contribution in [3.8, 4) is 0 Å². The van der Waals surface area contributed by atoms with Gasteiger partial charge in [0.05, 0.1) is 10.9 Å². The van der Waals surface area contributed by atoms with E-state index in [1.165, 1.54) is 10.6 Å². The lowest BCUT2D eigenvalue weighted by atomic mass is 9.75. The molecular weight excluding hydrogens is 398 g/mol. The minimum Gasteiger partial charge on any atom is -0.325 e. The van der Waals surface area contributed by atoms with Crippen LogP contribution >= 0.6 is 0 Å². The third-order valence-electron chi connectivity index (χ3n) is 5.43. The van der Waals surface area contributed by atoms with Crippen LogP contribution in [0.1, 0.15) is 53.6 Å². The molecule has 0 saturated carbocycles. The third kappa shape index (κ3) is 3.74. The molecule has 0 spiro atoms. The van der Waals surface area contributed by atoms with E-state index in [1.54, 1.807) is 31.2 Å². The number of fused-ring (bicyclic) bond motifs is 2. The van der Waals surface area contributed by atoms with Crippen LogP contribution in [0, 0.1) is 5.41 Å². The fourth-order valence-corrected chi connectivity index (χ4v) is 3.93. The van der Waals surface area contributed by atoms with Crippen molar-refractivity contribution in [2.45, 2.75) is 40.2 Å². The lowest BCUT2D eigenvalue weighted by Crippen LogP contribution is -2.38. The number of nitrogens with zero attached hydrogens (tertiary/aromatic N) is 2. The summed E-state index contributed by atoms with van der Waals surface area (Å²) >= 11 is 0. The zero-order valence-corrected chi connectivity index (χ0v) is 17.5. The summed E-state index contributed by atoms with van der Waals surface area (Å²) in [6, 6.07) is 8.24. The van der Waals surface area contributed by atoms with Crippen LogP contribution in [0.3, 0.4) is 0 Å². The number of nitrogens with one attached hydrogen (secondary N) is 3. The Morgan fingerprint density at radius 2 is 1.94 bits per heavy atom. The van der Waals surface area contributed by atoms with Crippen molar-refractivity contribution in [1.29, 1.82) is 0 Å². The van der Waals surface area contributed by atoms with E-state index in [4.69, 9.17) is 0 Å². The van der Waals surface area contributed by atoms with Gasteiger partial charge >= 0.3 is 0 Å². The molecule has 1 aliphatic carbocycles. The predicted octanol–water partition coefficient (Wildman–Crippen LogP) is 2.02. The molecule has 0 radical (unpaired) electrons. The van der Waals surface area contributed by atoms with Crippen LogP contribution in [0.4, 0.5) is 5.95 Å². The average Bonchev–Trinajstić information content (AvgIpc) is 2.71. The molecule has 2 heterocycles. The molecule has 0 saturated heterocycles. The van der Waals surface area contributed by atoms with E-state index < -0.39 is 11.5 Å². The number of pyridine rings is 1. The summed E-state index contributed by atoms with van der Waals surface area (Å²) in [5.41, 5.74) is 5.19. The van der Waals surface area contributed by atoms with E-state index in [-0.39, 0.29) is 28.3 Å². The molecule has 3 N–H and O–H groups in total. The summed E-state index contributed by atoms with van der Waals surface area (Å²) < 4.78 is 1.38. The Morgan fingerprint density at radius 3 is 2.68 bits per heavy atom. The van der Waals surface area contributed by atoms with Crippen LogP contribution in [0.25, 0.3) is 10.9 Å². The van der Waals surface area contributed by atoms with Crippen LogP contribution < -0.4 is 22.0 Å². The molecule has 0 fully saturated rings. The monoisotopic (exact) mass is 421 g/mol. The van der Waals surface area contributed by atoms with Gasteiger partial charge in [-0.15, -0.1) is 0 Å². The Hall–Kier alpha value is -3.75. The van der Waals surface area contributed by atoms with Gasteiger partial charge in [0.15, 0.2) is 5.78 Å². The molecule has 0 bridgehead atoms. The zero-order chi connectivity index (χ0) is 22.3. The van der Waals surface area contributed by atoms with E-state index >= 15 is 0 Å². The number of carbonyl (C=O) groups excluding carboxylic acids is 2. The molecule has 9 heteroatoms. The molecule has 1 aliphatic rings. The van der Waals surface area contributed by atoms with Gasteiger partial charge in [-0.3, -0.25) is 34.6 Å². The van der Waals surface area contributed by atoms with E-state index in [9.17, 15) is 19.2 Å². The number of aromatic amines is 1. The smallest absolute Gasteiger partial charge is 0.275 e. The van der Waals surface area contributed by atoms with E-state index in [0.29, 0.717) is 41.5 Å². The lowest BCUT2D eigenvalue weighted by Gasteiger charge is -2.29. The Bertz CT molecular complexity index is 1340. The Kier molecular flexibility index (Phi) is 4.96. The molecule has 1 amide bonds. The molecule has 31 heavy (non-hydrogen) atoms. The van der Waals surface area contributed by atoms with Crippen molar-refractivity contribution in [2.24, 2.45) is 5.41 Å². The first-order valence-corrected chi connectivity index (χ1v) is 10.1. The van der Waals surface area contributed by atoms with Crippen molar-refractivity contribution in [2.75, 3.05) is 5.43 Å². The summed E-state index contributed by atoms with van der Waals surface area (Å²) in [6.07, 6.45) is 0.891. The minimum absolute atomic E-state index is 0.111. The van der Waals surface area contributed by atoms with Gasteiger partial charge in [0, 0.05) is 24.2 Å². The molecule has 0 aliphatic heterocycles. The van der Waals surface area contributed by atoms with Crippen LogP contribution in [-0.4, -0.2) is 26.2 Å². The van der Waals surface area contributed by atoms with Crippen molar-refractivity contribution >= 4 is 28.5 Å². The maximum Gasteiger partial charge on any atom is 0.275 e. The number of Topliss-reactive ketones (excluding diaryl/α,β-unsaturated/α-hetero) is 1. The van der Waals surface area contributed by atoms with Crippen molar-refractivity contribution in [3.63, 3.8) is 0 Å². The van der Waals surface area contributed by atoms with Crippen LogP contribution in [0.5, 0.6) is 0 Å². The SMILES string of the molecule is CCn1c(NNC(=O)c2cc3c([nH]c2=O)CC(C)(C)CC3=O)nc2ccccc2c1=O. The largest absolute Gasteiger partial charge is 0.325 e. The maximum atomic E-state index is 12.7. The van der Waals surface area contributed by atoms with Crippen LogP contribution in [-0.2, 0) is 13.0 Å². The highest BCUT2D eigenvalue weighted by atomic mass is 16.2. The Labute approximate surface area is 177 Å². The number of H-pyrrole nitrogens is 1. The summed E-state index contributed by atoms with van der Waals surface area (Å²) in [5, 5.41) is 0.466. The number of aromatic nitrogens is 3. The summed E-state index contributed by atoms with van der Waals surface area (Å²) in [4.78, 5) is 57.4. The number of amides is 1. The van der Waals surface area contributed by atoms with Crippen molar-refractivity contribution in [3.05, 3.63) is 67.9 Å². The fourth-order valence-electron chi connectivity index (χ4n) is 3.93. The Balaban J connectivity index is 1.63. The number of rotatable bonds is 4. The fraction of sp³-hybridized carbons (Fsp3) is 0.318. The molecule has 0 atom stereocenters. The number of hydrazine groups is 1. The first-order valence-electron chi connectivity index (χ1n) is 10.1. The number of para-hydroxylation sites is 1. The second-order valence-electron chi connectivity index (χ2n) is 8.43. The van der Waals surface area contributed by atoms with Crippen molar-refractivity contribution in [1.82, 2.24) is 20.0 Å². The highest BCUT2D eigenvalue weighted by molar-refractivity contribution is 6.02. The molecular formula is C22H23N5O4. The van der Waals surface area contributed by atoms with Gasteiger partial charge in [-0.25, -0.2) is 4.98 Å². The van der Waals surface area contributed by atoms with Crippen LogP contribution in [0.2, 0.25) is 0 Å². The van der Waals surface area contributed by atoms with Gasteiger partial charge in [-0.2, -0.15) is 0 Å². The van der Waals surface area contributed by atoms with Gasteiger partial charge in [0.2, 0.25) is 5.95 Å². The van der Waals surface area contributed by atoms with E-state index in [1.807, 2.05) is 13.8 Å². The average molecular weight is 421 g/mol. The maximum absolute atomic E-state index is 12.7. The third-order valence-corrected chi connectivity index (χ3v) is 5.43. The number of ketones is 1. The lowest BCUT2D eigenvalue weighted by molar-refractivity contribution is 0.0910. The summed E-state index contributed by atoms with van der Waals surface area (Å²) in [5.74, 6) is -0.695. The van der Waals surface area contributed by atoms with Crippen LogP contribution in [0.15, 0.2) is 39.9 Å². The number of hydrogen-bond acceptors (Lipinski definition) is 6. The van der Waals surface area contributed by atoms with Gasteiger partial charge in [0.25, 0.3) is 17.0 Å². The minimum atomic E-state index is -0.730. The molecule has 3 aromatic rings. The topological polar surface area (TPSA) is 126 Å². The molecule has 4 rings (SSSR count). The van der Waals surface area contributed by atoms with E-state index in [2.05, 4.69) is 20.8 Å². The predicted molar refractivity (Wildman–Crippen MR) is 116 cm³/mol. The Morgan fingerprint density at radius 1 is 1.19 bits per heavy atom. The summed E-state index contributed by atoms with van der Waals surface area (Å²) in [7, 11) is 0. The molecule has 0 unspecified atom stereocenters. The molecule has 1 aromatic carbocycles. The summed E-state index contributed by atoms with van der Waals surface area (Å²) in [6.45, 7) is 6.03. The van der Waals surface area contributed by atoms with Gasteiger partial charge in [0.1, 0.15) is 5.56 Å². The van der Waals surface area contributed by atoms with Gasteiger partial charge in [-0.05, 0) is 37.0 Å². The van der Waals surface area contributed by atoms with Crippen molar-refractivity contribution < 1.29 is 9.59 Å². The van der Waals surface area contributed by atoms with E-state index in [0.717, 1.165) is 0 Å². The zero-order valence-electron chi connectivity index (χ0n) is 17.5. The molecule has 160 valence electrons. The normalized spacial score (nSPS) is 14.9. The second kappa shape index (κ2) is 7.50. The quantitative estimate of drug-likeness (QED) is 0.553. The highest BCUT2D eigenvalue weighted by Crippen LogP contribution is 2.33. The molecule has 9 nitrogen and oxygen atoms in total. The second-order valence-corrected chi connectivity index (χ2v) is 8.43. The number of anilines is 1. The molecule has 2 aromatic heterocycles. The first-order chi connectivity index (χ1) is 14.7. The number of carbonyl (C=O) groups is 2.